The van der Waals surface area contributed by atoms with Gasteiger partial charge in [-0.1, -0.05) is 18.2 Å². The molecule has 1 aliphatic heterocycles. The molecule has 0 saturated carbocycles. The van der Waals surface area contributed by atoms with Crippen LogP contribution in [0.5, 0.6) is 0 Å². The van der Waals surface area contributed by atoms with Gasteiger partial charge in [0, 0.05) is 19.0 Å². The van der Waals surface area contributed by atoms with Crippen LogP contribution < -0.4 is 10.6 Å². The third-order valence-electron chi connectivity index (χ3n) is 4.35. The SMILES string of the molecule is CN=C(NCC1CCSCC1)NC(C)c1cc2ccccc2o1. The lowest BCUT2D eigenvalue weighted by Gasteiger charge is -2.23. The van der Waals surface area contributed by atoms with Crippen molar-refractivity contribution >= 4 is 28.7 Å². The van der Waals surface area contributed by atoms with Gasteiger partial charge in [0.05, 0.1) is 6.04 Å². The first kappa shape index (κ1) is 16.2. The van der Waals surface area contributed by atoms with Crippen LogP contribution in [0.1, 0.15) is 31.6 Å². The Labute approximate surface area is 142 Å². The van der Waals surface area contributed by atoms with Gasteiger partial charge >= 0.3 is 0 Å². The molecule has 3 rings (SSSR count). The Morgan fingerprint density at radius 3 is 2.87 bits per heavy atom. The van der Waals surface area contributed by atoms with Crippen LogP contribution in [0.15, 0.2) is 39.7 Å². The number of guanidine groups is 1. The van der Waals surface area contributed by atoms with Gasteiger partial charge in [0.2, 0.25) is 0 Å². The average molecular weight is 331 g/mol. The van der Waals surface area contributed by atoms with Crippen molar-refractivity contribution in [3.63, 3.8) is 0 Å². The Hall–Kier alpha value is -1.62. The first-order valence-corrected chi connectivity index (χ1v) is 9.45. The van der Waals surface area contributed by atoms with Gasteiger partial charge in [-0.3, -0.25) is 4.99 Å². The zero-order chi connectivity index (χ0) is 16.1. The van der Waals surface area contributed by atoms with Crippen molar-refractivity contribution in [2.75, 3.05) is 25.1 Å². The molecule has 23 heavy (non-hydrogen) atoms. The zero-order valence-electron chi connectivity index (χ0n) is 13.8. The van der Waals surface area contributed by atoms with E-state index < -0.39 is 0 Å². The van der Waals surface area contributed by atoms with E-state index >= 15 is 0 Å². The number of nitrogens with one attached hydrogen (secondary N) is 2. The Kier molecular flexibility index (Phi) is 5.49. The van der Waals surface area contributed by atoms with Gasteiger partial charge in [-0.2, -0.15) is 11.8 Å². The van der Waals surface area contributed by atoms with Crippen molar-refractivity contribution in [2.45, 2.75) is 25.8 Å². The summed E-state index contributed by atoms with van der Waals surface area (Å²) in [4.78, 5) is 4.34. The highest BCUT2D eigenvalue weighted by Gasteiger charge is 2.16. The topological polar surface area (TPSA) is 49.6 Å². The third-order valence-corrected chi connectivity index (χ3v) is 5.40. The van der Waals surface area contributed by atoms with Crippen LogP contribution in [0.4, 0.5) is 0 Å². The number of hydrogen-bond acceptors (Lipinski definition) is 3. The highest BCUT2D eigenvalue weighted by atomic mass is 32.2. The van der Waals surface area contributed by atoms with Crippen LogP contribution in [-0.4, -0.2) is 31.1 Å². The number of thioether (sulfide) groups is 1. The molecule has 0 radical (unpaired) electrons. The van der Waals surface area contributed by atoms with Crippen molar-refractivity contribution in [3.05, 3.63) is 36.1 Å². The molecule has 1 saturated heterocycles. The molecule has 0 spiro atoms. The van der Waals surface area contributed by atoms with Gasteiger partial charge in [0.15, 0.2) is 5.96 Å². The van der Waals surface area contributed by atoms with E-state index in [4.69, 9.17) is 4.42 Å². The van der Waals surface area contributed by atoms with Crippen LogP contribution in [-0.2, 0) is 0 Å². The molecule has 4 nitrogen and oxygen atoms in total. The second-order valence-corrected chi connectivity index (χ2v) is 7.29. The zero-order valence-corrected chi connectivity index (χ0v) is 14.7. The van der Waals surface area contributed by atoms with Crippen molar-refractivity contribution in [3.8, 4) is 0 Å². The Morgan fingerprint density at radius 2 is 2.13 bits per heavy atom. The molecule has 1 aromatic carbocycles. The van der Waals surface area contributed by atoms with E-state index in [0.29, 0.717) is 0 Å². The summed E-state index contributed by atoms with van der Waals surface area (Å²) < 4.78 is 5.92. The van der Waals surface area contributed by atoms with Crippen LogP contribution in [0.25, 0.3) is 11.0 Å². The number of para-hydroxylation sites is 1. The second kappa shape index (κ2) is 7.77. The van der Waals surface area contributed by atoms with E-state index in [1.165, 1.54) is 24.3 Å². The molecule has 1 unspecified atom stereocenters. The highest BCUT2D eigenvalue weighted by molar-refractivity contribution is 7.99. The maximum atomic E-state index is 5.92. The first-order chi connectivity index (χ1) is 11.3. The fraction of sp³-hybridized carbons (Fsp3) is 0.500. The van der Waals surface area contributed by atoms with E-state index in [1.54, 1.807) is 0 Å². The largest absolute Gasteiger partial charge is 0.459 e. The van der Waals surface area contributed by atoms with Crippen molar-refractivity contribution < 1.29 is 4.42 Å². The normalized spacial score (nSPS) is 18.1. The van der Waals surface area contributed by atoms with E-state index in [2.05, 4.69) is 46.4 Å². The molecule has 2 aromatic rings. The first-order valence-electron chi connectivity index (χ1n) is 8.29. The Bertz CT molecular complexity index is 628. The molecule has 0 amide bonds. The summed E-state index contributed by atoms with van der Waals surface area (Å²) >= 11 is 2.06. The minimum absolute atomic E-state index is 0.0792. The monoisotopic (exact) mass is 331 g/mol. The summed E-state index contributed by atoms with van der Waals surface area (Å²) in [6.45, 7) is 3.09. The van der Waals surface area contributed by atoms with Crippen molar-refractivity contribution in [2.24, 2.45) is 10.9 Å². The standard InChI is InChI=1S/C18H25N3OS/c1-13(17-11-15-5-3-4-6-16(15)22-17)21-18(19-2)20-12-14-7-9-23-10-8-14/h3-6,11,13-14H,7-10,12H2,1-2H3,(H2,19,20,21). The molecule has 2 N–H and O–H groups in total. The molecule has 2 heterocycles. The average Bonchev–Trinajstić information content (AvgIpc) is 3.03. The molecule has 0 aliphatic carbocycles. The predicted octanol–water partition coefficient (Wildman–Crippen LogP) is 3.80. The van der Waals surface area contributed by atoms with Crippen LogP contribution >= 0.6 is 11.8 Å². The van der Waals surface area contributed by atoms with Gasteiger partial charge in [-0.15, -0.1) is 0 Å². The lowest BCUT2D eigenvalue weighted by atomic mass is 10.0. The predicted molar refractivity (Wildman–Crippen MR) is 99.2 cm³/mol. The van der Waals surface area contributed by atoms with Gasteiger partial charge in [0.25, 0.3) is 0 Å². The quantitative estimate of drug-likeness (QED) is 0.661. The molecule has 1 fully saturated rings. The number of furan rings is 1. The number of fused-ring (bicyclic) bond motifs is 1. The number of benzene rings is 1. The van der Waals surface area contributed by atoms with Crippen LogP contribution in [0.2, 0.25) is 0 Å². The summed E-state index contributed by atoms with van der Waals surface area (Å²) in [5, 5.41) is 8.02. The smallest absolute Gasteiger partial charge is 0.191 e. The Morgan fingerprint density at radius 1 is 1.35 bits per heavy atom. The maximum absolute atomic E-state index is 5.92. The van der Waals surface area contributed by atoms with E-state index in [-0.39, 0.29) is 6.04 Å². The van der Waals surface area contributed by atoms with Gasteiger partial charge < -0.3 is 15.1 Å². The third kappa shape index (κ3) is 4.22. The maximum Gasteiger partial charge on any atom is 0.191 e. The number of rotatable bonds is 4. The second-order valence-electron chi connectivity index (χ2n) is 6.06. The molecular formula is C18H25N3OS. The minimum Gasteiger partial charge on any atom is -0.459 e. The summed E-state index contributed by atoms with van der Waals surface area (Å²) in [7, 11) is 1.82. The molecule has 124 valence electrons. The van der Waals surface area contributed by atoms with Crippen LogP contribution in [0, 0.1) is 5.92 Å². The van der Waals surface area contributed by atoms with Gasteiger partial charge in [-0.25, -0.2) is 0 Å². The molecule has 0 bridgehead atoms. The Balaban J connectivity index is 1.57. The number of aliphatic imine (C=N–C) groups is 1. The molecular weight excluding hydrogens is 306 g/mol. The fourth-order valence-corrected chi connectivity index (χ4v) is 4.08. The van der Waals surface area contributed by atoms with E-state index in [0.717, 1.165) is 35.2 Å². The van der Waals surface area contributed by atoms with Crippen molar-refractivity contribution in [1.82, 2.24) is 10.6 Å². The molecule has 1 atom stereocenters. The summed E-state index contributed by atoms with van der Waals surface area (Å²) in [6.07, 6.45) is 2.60. The minimum atomic E-state index is 0.0792. The lowest BCUT2D eigenvalue weighted by molar-refractivity contribution is 0.466. The van der Waals surface area contributed by atoms with Crippen LogP contribution in [0.3, 0.4) is 0 Å². The van der Waals surface area contributed by atoms with Gasteiger partial charge in [0.1, 0.15) is 11.3 Å². The number of hydrogen-bond donors (Lipinski definition) is 2. The fourth-order valence-electron chi connectivity index (χ4n) is 2.88. The van der Waals surface area contributed by atoms with E-state index in [9.17, 15) is 0 Å². The molecule has 1 aliphatic rings. The highest BCUT2D eigenvalue weighted by Crippen LogP contribution is 2.24. The molecule has 5 heteroatoms. The summed E-state index contributed by atoms with van der Waals surface area (Å²) in [5.41, 5.74) is 0.929. The summed E-state index contributed by atoms with van der Waals surface area (Å²) in [5.74, 6) is 5.11. The van der Waals surface area contributed by atoms with E-state index in [1.807, 2.05) is 25.2 Å². The summed E-state index contributed by atoms with van der Waals surface area (Å²) in [6, 6.07) is 10.3. The molecule has 1 aromatic heterocycles. The van der Waals surface area contributed by atoms with Crippen molar-refractivity contribution in [1.29, 1.82) is 0 Å². The number of nitrogens with zero attached hydrogens (tertiary/aromatic N) is 1. The van der Waals surface area contributed by atoms with Gasteiger partial charge in [-0.05, 0) is 49.3 Å². The lowest BCUT2D eigenvalue weighted by Crippen LogP contribution is -2.41.